The van der Waals surface area contributed by atoms with Crippen LogP contribution in [0.4, 0.5) is 13.2 Å². The lowest BCUT2D eigenvalue weighted by molar-refractivity contribution is -0.130. The molecule has 260 valence electrons. The van der Waals surface area contributed by atoms with E-state index in [2.05, 4.69) is 44.5 Å². The Bertz CT molecular complexity index is 1870. The molecule has 3 aliphatic rings. The third-order valence-electron chi connectivity index (χ3n) is 7.97. The molecule has 6 N–H and O–H groups in total. The number of nitrogens with zero attached hydrogens (tertiary/aromatic N) is 3. The van der Waals surface area contributed by atoms with Gasteiger partial charge in [0.2, 0.25) is 26.0 Å². The highest BCUT2D eigenvalue weighted by Crippen LogP contribution is 2.30. The second-order valence-electron chi connectivity index (χ2n) is 11.7. The zero-order valence-electron chi connectivity index (χ0n) is 26.1. The quantitative estimate of drug-likeness (QED) is 0.247. The second-order valence-corrected chi connectivity index (χ2v) is 15.4. The molecule has 48 heavy (non-hydrogen) atoms. The first-order valence-corrected chi connectivity index (χ1v) is 18.4. The second kappa shape index (κ2) is 14.2. The van der Waals surface area contributed by atoms with Crippen molar-refractivity contribution in [3.05, 3.63) is 88.4 Å². The summed E-state index contributed by atoms with van der Waals surface area (Å²) in [6.45, 7) is 4.42. The molecule has 0 spiro atoms. The summed E-state index contributed by atoms with van der Waals surface area (Å²) in [6, 6.07) is 10.4. The van der Waals surface area contributed by atoms with Gasteiger partial charge in [-0.3, -0.25) is 0 Å². The highest BCUT2D eigenvalue weighted by molar-refractivity contribution is 7.89. The van der Waals surface area contributed by atoms with E-state index in [0.29, 0.717) is 47.1 Å². The summed E-state index contributed by atoms with van der Waals surface area (Å²) in [5, 5.41) is 12.4. The van der Waals surface area contributed by atoms with Crippen LogP contribution in [-0.4, -0.2) is 70.6 Å². The maximum absolute atomic E-state index is 13.4. The molecule has 1 saturated heterocycles. The normalized spacial score (nSPS) is 19.0. The number of primary sulfonamides is 1. The first-order chi connectivity index (χ1) is 22.5. The van der Waals surface area contributed by atoms with E-state index in [-0.39, 0.29) is 33.4 Å². The van der Waals surface area contributed by atoms with Gasteiger partial charge in [-0.25, -0.2) is 42.1 Å². The van der Waals surface area contributed by atoms with Crippen molar-refractivity contribution in [2.45, 2.75) is 61.3 Å². The maximum Gasteiger partial charge on any atom is 0.402 e. The standard InChI is InChI=1S/C30H36ClF3N8O4S2/c1-19(2)41-13-11-22(12-14-41)40-48(45,46)28-15-21(5-8-24(28)31)25-9-10-27-26(39-25)17-37-29(42(27)38-18-30(32,33)34)36-16-20-3-6-23(7-4-20)47(35,43)44/h3-10,15,17,19,22,38-40H,11-14,16,18H2,1-2H3,(H,36,37)(H2,35,43,44). The molecule has 5 rings (SSSR count). The summed E-state index contributed by atoms with van der Waals surface area (Å²) < 4.78 is 92.5. The van der Waals surface area contributed by atoms with Crippen LogP contribution in [0.15, 0.2) is 87.0 Å². The number of hydrogen-bond acceptors (Lipinski definition) is 8. The van der Waals surface area contributed by atoms with Gasteiger partial charge in [-0.05, 0) is 87.3 Å². The van der Waals surface area contributed by atoms with Gasteiger partial charge in [0, 0.05) is 24.0 Å². The lowest BCUT2D eigenvalue weighted by Gasteiger charge is -2.36. The SMILES string of the molecule is CC(C)N1CCC(NS(=O)(=O)c2cc(C3=CC=C4C(=CNC(=NCc5ccc(S(N)(=O)=O)cc5)N4NCC(F)(F)F)N3)ccc2Cl)CC1. The largest absolute Gasteiger partial charge is 0.402 e. The van der Waals surface area contributed by atoms with Crippen molar-refractivity contribution in [1.82, 2.24) is 30.7 Å². The number of likely N-dealkylation sites (tertiary alicyclic amines) is 1. The average molecular weight is 729 g/mol. The van der Waals surface area contributed by atoms with E-state index in [4.69, 9.17) is 16.7 Å². The van der Waals surface area contributed by atoms with Crippen LogP contribution in [0, 0.1) is 0 Å². The van der Waals surface area contributed by atoms with Gasteiger partial charge in [0.15, 0.2) is 0 Å². The smallest absolute Gasteiger partial charge is 0.352 e. The van der Waals surface area contributed by atoms with Crippen molar-refractivity contribution in [2.75, 3.05) is 19.6 Å². The van der Waals surface area contributed by atoms with Crippen molar-refractivity contribution in [3.63, 3.8) is 0 Å². The predicted octanol–water partition coefficient (Wildman–Crippen LogP) is 3.34. The molecule has 12 nitrogen and oxygen atoms in total. The molecule has 0 aromatic heterocycles. The van der Waals surface area contributed by atoms with Gasteiger partial charge in [0.25, 0.3) is 0 Å². The zero-order valence-corrected chi connectivity index (χ0v) is 28.4. The number of hydrazine groups is 1. The first-order valence-electron chi connectivity index (χ1n) is 15.0. The number of hydrogen-bond donors (Lipinski definition) is 5. The summed E-state index contributed by atoms with van der Waals surface area (Å²) in [5.74, 6) is 0.0496. The fourth-order valence-corrected chi connectivity index (χ4v) is 7.73. The van der Waals surface area contributed by atoms with E-state index in [1.165, 1.54) is 42.6 Å². The molecule has 0 atom stereocenters. The molecule has 0 amide bonds. The van der Waals surface area contributed by atoms with Crippen LogP contribution in [0.1, 0.15) is 37.8 Å². The van der Waals surface area contributed by atoms with Crippen molar-refractivity contribution in [3.8, 4) is 0 Å². The summed E-state index contributed by atoms with van der Waals surface area (Å²) in [7, 11) is -7.85. The molecular formula is C30H36ClF3N8O4S2. The number of alkyl halides is 3. The van der Waals surface area contributed by atoms with E-state index in [1.807, 2.05) is 0 Å². The van der Waals surface area contributed by atoms with Gasteiger partial charge < -0.3 is 15.5 Å². The number of dihydropyridines is 1. The van der Waals surface area contributed by atoms with E-state index in [0.717, 1.165) is 18.1 Å². The minimum Gasteiger partial charge on any atom is -0.352 e. The molecule has 18 heteroatoms. The number of halogens is 4. The van der Waals surface area contributed by atoms with Gasteiger partial charge in [0.1, 0.15) is 11.4 Å². The summed E-state index contributed by atoms with van der Waals surface area (Å²) >= 11 is 6.37. The van der Waals surface area contributed by atoms with E-state index >= 15 is 0 Å². The minimum atomic E-state index is -4.54. The predicted molar refractivity (Wildman–Crippen MR) is 177 cm³/mol. The molecule has 3 aliphatic heterocycles. The Kier molecular flexibility index (Phi) is 10.6. The highest BCUT2D eigenvalue weighted by atomic mass is 35.5. The van der Waals surface area contributed by atoms with Crippen molar-refractivity contribution >= 4 is 43.3 Å². The number of benzene rings is 2. The molecule has 2 aromatic rings. The topological polar surface area (TPSA) is 161 Å². The van der Waals surface area contributed by atoms with Crippen LogP contribution in [0.2, 0.25) is 5.02 Å². The number of piperidine rings is 1. The lowest BCUT2D eigenvalue weighted by atomic mass is 10.1. The van der Waals surface area contributed by atoms with Gasteiger partial charge in [-0.2, -0.15) is 13.2 Å². The van der Waals surface area contributed by atoms with Crippen molar-refractivity contribution in [2.24, 2.45) is 10.1 Å². The first kappa shape index (κ1) is 35.8. The van der Waals surface area contributed by atoms with Gasteiger partial charge in [0.05, 0.1) is 27.9 Å². The van der Waals surface area contributed by atoms with Gasteiger partial charge in [-0.1, -0.05) is 29.8 Å². The monoisotopic (exact) mass is 728 g/mol. The molecule has 3 heterocycles. The van der Waals surface area contributed by atoms with E-state index < -0.39 is 32.8 Å². The molecule has 0 unspecified atom stereocenters. The summed E-state index contributed by atoms with van der Waals surface area (Å²) in [4.78, 5) is 6.53. The molecule has 1 fully saturated rings. The Morgan fingerprint density at radius 3 is 2.35 bits per heavy atom. The van der Waals surface area contributed by atoms with Crippen molar-refractivity contribution in [1.29, 1.82) is 0 Å². The third-order valence-corrected chi connectivity index (χ3v) is 10.9. The average Bonchev–Trinajstić information content (AvgIpc) is 3.02. The fourth-order valence-electron chi connectivity index (χ4n) is 5.38. The molecular weight excluding hydrogens is 693 g/mol. The number of nitrogens with one attached hydrogen (secondary N) is 4. The molecule has 0 bridgehead atoms. The van der Waals surface area contributed by atoms with E-state index in [9.17, 15) is 30.0 Å². The summed E-state index contributed by atoms with van der Waals surface area (Å²) in [6.07, 6.45) is 1.51. The Labute approximate surface area is 282 Å². The number of fused-ring (bicyclic) bond motifs is 1. The molecule has 0 aliphatic carbocycles. The Morgan fingerprint density at radius 2 is 1.73 bits per heavy atom. The van der Waals surface area contributed by atoms with Gasteiger partial charge >= 0.3 is 6.18 Å². The maximum atomic E-state index is 13.4. The van der Waals surface area contributed by atoms with Crippen LogP contribution in [-0.2, 0) is 26.6 Å². The number of nitrogens with two attached hydrogens (primary N) is 1. The number of allylic oxidation sites excluding steroid dienone is 2. The zero-order chi connectivity index (χ0) is 34.9. The lowest BCUT2D eigenvalue weighted by Crippen LogP contribution is -2.54. The number of sulfonamides is 2. The van der Waals surface area contributed by atoms with Crippen LogP contribution < -0.4 is 25.9 Å². The van der Waals surface area contributed by atoms with Crippen LogP contribution in [0.3, 0.4) is 0 Å². The van der Waals surface area contributed by atoms with Crippen molar-refractivity contribution < 1.29 is 30.0 Å². The third kappa shape index (κ3) is 8.76. The number of rotatable bonds is 10. The Balaban J connectivity index is 1.37. The Hall–Kier alpha value is -3.45. The van der Waals surface area contributed by atoms with Crippen LogP contribution in [0.25, 0.3) is 5.70 Å². The Morgan fingerprint density at radius 1 is 1.04 bits per heavy atom. The number of aliphatic imine (C=N–C) groups is 1. The van der Waals surface area contributed by atoms with Crippen LogP contribution in [0.5, 0.6) is 0 Å². The minimum absolute atomic E-state index is 0.00923. The highest BCUT2D eigenvalue weighted by Gasteiger charge is 2.33. The molecule has 0 radical (unpaired) electrons. The van der Waals surface area contributed by atoms with Crippen LogP contribution >= 0.6 is 11.6 Å². The summed E-state index contributed by atoms with van der Waals surface area (Å²) in [5.41, 5.74) is 4.60. The molecule has 2 aromatic carbocycles. The molecule has 0 saturated carbocycles. The number of guanidine groups is 1. The van der Waals surface area contributed by atoms with Gasteiger partial charge in [-0.15, -0.1) is 0 Å². The fraction of sp³-hybridized carbons (Fsp3) is 0.367. The van der Waals surface area contributed by atoms with E-state index in [1.54, 1.807) is 18.2 Å².